The molecule has 1 aromatic heterocycles. The second kappa shape index (κ2) is 5.35. The van der Waals surface area contributed by atoms with Crippen molar-refractivity contribution in [2.45, 2.75) is 43.1 Å². The zero-order valence-electron chi connectivity index (χ0n) is 11.7. The number of aromatic nitrogens is 3. The molecule has 2 aliphatic rings. The molecule has 2 aromatic rings. The van der Waals surface area contributed by atoms with E-state index in [1.807, 2.05) is 12.1 Å². The van der Waals surface area contributed by atoms with E-state index in [9.17, 15) is 0 Å². The Balaban J connectivity index is 1.43. The first-order chi connectivity index (χ1) is 10.3. The molecule has 0 amide bonds. The highest BCUT2D eigenvalue weighted by atomic mass is 32.2. The highest BCUT2D eigenvalue weighted by Gasteiger charge is 2.30. The Bertz CT molecular complexity index is 628. The van der Waals surface area contributed by atoms with Crippen LogP contribution in [0.4, 0.5) is 0 Å². The zero-order valence-corrected chi connectivity index (χ0v) is 12.6. The van der Waals surface area contributed by atoms with E-state index >= 15 is 0 Å². The SMILES string of the molecule is NCc1nnc(SCC2Cc3ccccc3O2)n1C1CC1. The summed E-state index contributed by atoms with van der Waals surface area (Å²) in [5.41, 5.74) is 7.05. The van der Waals surface area contributed by atoms with Gasteiger partial charge in [0.15, 0.2) is 5.16 Å². The Hall–Kier alpha value is -1.53. The molecule has 2 N–H and O–H groups in total. The fourth-order valence-corrected chi connectivity index (χ4v) is 3.77. The lowest BCUT2D eigenvalue weighted by atomic mass is 10.1. The lowest BCUT2D eigenvalue weighted by Gasteiger charge is -2.11. The van der Waals surface area contributed by atoms with Gasteiger partial charge in [-0.1, -0.05) is 30.0 Å². The summed E-state index contributed by atoms with van der Waals surface area (Å²) < 4.78 is 8.19. The minimum atomic E-state index is 0.220. The van der Waals surface area contributed by atoms with Crippen molar-refractivity contribution in [2.24, 2.45) is 5.73 Å². The van der Waals surface area contributed by atoms with Gasteiger partial charge in [0.1, 0.15) is 17.7 Å². The third kappa shape index (κ3) is 2.53. The molecule has 0 bridgehead atoms. The van der Waals surface area contributed by atoms with Crippen molar-refractivity contribution < 1.29 is 4.74 Å². The summed E-state index contributed by atoms with van der Waals surface area (Å²) in [6.45, 7) is 0.454. The third-order valence-electron chi connectivity index (χ3n) is 3.94. The number of hydrogen-bond acceptors (Lipinski definition) is 5. The summed E-state index contributed by atoms with van der Waals surface area (Å²) >= 11 is 1.73. The van der Waals surface area contributed by atoms with Crippen molar-refractivity contribution in [1.29, 1.82) is 0 Å². The zero-order chi connectivity index (χ0) is 14.2. The molecule has 1 unspecified atom stereocenters. The van der Waals surface area contributed by atoms with Crippen LogP contribution in [0.2, 0.25) is 0 Å². The molecule has 1 atom stereocenters. The quantitative estimate of drug-likeness (QED) is 0.857. The summed E-state index contributed by atoms with van der Waals surface area (Å²) in [5, 5.41) is 9.49. The van der Waals surface area contributed by atoms with Crippen LogP contribution >= 0.6 is 11.8 Å². The number of hydrogen-bond donors (Lipinski definition) is 1. The smallest absolute Gasteiger partial charge is 0.191 e. The molecule has 1 saturated carbocycles. The van der Waals surface area contributed by atoms with E-state index in [2.05, 4.69) is 26.9 Å². The van der Waals surface area contributed by atoms with E-state index in [0.717, 1.165) is 28.9 Å². The first-order valence-corrected chi connectivity index (χ1v) is 8.35. The maximum atomic E-state index is 5.97. The highest BCUT2D eigenvalue weighted by molar-refractivity contribution is 7.99. The van der Waals surface area contributed by atoms with Gasteiger partial charge in [0, 0.05) is 18.2 Å². The van der Waals surface area contributed by atoms with Gasteiger partial charge in [0.25, 0.3) is 0 Å². The van der Waals surface area contributed by atoms with Crippen LogP contribution in [-0.4, -0.2) is 26.6 Å². The molecule has 1 aromatic carbocycles. The molecule has 110 valence electrons. The Labute approximate surface area is 127 Å². The molecule has 21 heavy (non-hydrogen) atoms. The number of fused-ring (bicyclic) bond motifs is 1. The van der Waals surface area contributed by atoms with Gasteiger partial charge in [0.05, 0.1) is 6.54 Å². The predicted octanol–water partition coefficient (Wildman–Crippen LogP) is 2.17. The first-order valence-electron chi connectivity index (χ1n) is 7.36. The van der Waals surface area contributed by atoms with Gasteiger partial charge in [-0.2, -0.15) is 0 Å². The van der Waals surface area contributed by atoms with E-state index in [0.29, 0.717) is 12.6 Å². The maximum absolute atomic E-state index is 5.97. The lowest BCUT2D eigenvalue weighted by Crippen LogP contribution is -2.16. The number of nitrogens with zero attached hydrogens (tertiary/aromatic N) is 3. The van der Waals surface area contributed by atoms with Gasteiger partial charge in [-0.05, 0) is 24.5 Å². The number of para-hydroxylation sites is 1. The molecule has 1 aliphatic heterocycles. The molecule has 0 spiro atoms. The minimum absolute atomic E-state index is 0.220. The summed E-state index contributed by atoms with van der Waals surface area (Å²) in [6, 6.07) is 8.82. The molecule has 4 rings (SSSR count). The van der Waals surface area contributed by atoms with E-state index < -0.39 is 0 Å². The average molecular weight is 302 g/mol. The van der Waals surface area contributed by atoms with Crippen LogP contribution in [0.3, 0.4) is 0 Å². The summed E-state index contributed by atoms with van der Waals surface area (Å²) in [6.07, 6.45) is 3.62. The lowest BCUT2D eigenvalue weighted by molar-refractivity contribution is 0.259. The van der Waals surface area contributed by atoms with Crippen LogP contribution in [0.5, 0.6) is 5.75 Å². The summed E-state index contributed by atoms with van der Waals surface area (Å²) in [4.78, 5) is 0. The Morgan fingerprint density at radius 3 is 2.90 bits per heavy atom. The average Bonchev–Trinajstić information content (AvgIpc) is 3.13. The van der Waals surface area contributed by atoms with Gasteiger partial charge in [-0.25, -0.2) is 0 Å². The van der Waals surface area contributed by atoms with Gasteiger partial charge < -0.3 is 15.0 Å². The van der Waals surface area contributed by atoms with Crippen LogP contribution in [0, 0.1) is 0 Å². The third-order valence-corrected chi connectivity index (χ3v) is 5.02. The molecular weight excluding hydrogens is 284 g/mol. The van der Waals surface area contributed by atoms with Crippen molar-refractivity contribution in [1.82, 2.24) is 14.8 Å². The topological polar surface area (TPSA) is 66.0 Å². The van der Waals surface area contributed by atoms with Crippen LogP contribution in [0.1, 0.15) is 30.3 Å². The second-order valence-corrected chi connectivity index (χ2v) is 6.55. The highest BCUT2D eigenvalue weighted by Crippen LogP contribution is 2.39. The van der Waals surface area contributed by atoms with Crippen molar-refractivity contribution in [3.63, 3.8) is 0 Å². The van der Waals surface area contributed by atoms with Gasteiger partial charge in [-0.3, -0.25) is 0 Å². The number of ether oxygens (including phenoxy) is 1. The molecule has 0 radical (unpaired) electrons. The Morgan fingerprint density at radius 1 is 1.29 bits per heavy atom. The predicted molar refractivity (Wildman–Crippen MR) is 81.5 cm³/mol. The number of rotatable bonds is 5. The molecule has 1 aliphatic carbocycles. The largest absolute Gasteiger partial charge is 0.489 e. The second-order valence-electron chi connectivity index (χ2n) is 5.57. The van der Waals surface area contributed by atoms with Crippen molar-refractivity contribution >= 4 is 11.8 Å². The molecule has 1 fully saturated rings. The van der Waals surface area contributed by atoms with Crippen molar-refractivity contribution in [3.05, 3.63) is 35.7 Å². The Kier molecular flexibility index (Phi) is 3.35. The minimum Gasteiger partial charge on any atom is -0.489 e. The summed E-state index contributed by atoms with van der Waals surface area (Å²) in [7, 11) is 0. The maximum Gasteiger partial charge on any atom is 0.191 e. The van der Waals surface area contributed by atoms with E-state index in [-0.39, 0.29) is 6.10 Å². The van der Waals surface area contributed by atoms with E-state index in [1.165, 1.54) is 18.4 Å². The van der Waals surface area contributed by atoms with Crippen LogP contribution < -0.4 is 10.5 Å². The number of thioether (sulfide) groups is 1. The Morgan fingerprint density at radius 2 is 2.14 bits per heavy atom. The van der Waals surface area contributed by atoms with Crippen LogP contribution in [0.25, 0.3) is 0 Å². The van der Waals surface area contributed by atoms with Crippen LogP contribution in [-0.2, 0) is 13.0 Å². The number of benzene rings is 1. The van der Waals surface area contributed by atoms with Crippen molar-refractivity contribution in [2.75, 3.05) is 5.75 Å². The van der Waals surface area contributed by atoms with Crippen LogP contribution in [0.15, 0.2) is 29.4 Å². The van der Waals surface area contributed by atoms with Gasteiger partial charge in [0.2, 0.25) is 0 Å². The molecule has 6 heteroatoms. The normalized spacial score (nSPS) is 20.3. The molecule has 0 saturated heterocycles. The fourth-order valence-electron chi connectivity index (χ4n) is 2.76. The van der Waals surface area contributed by atoms with Gasteiger partial charge >= 0.3 is 0 Å². The number of nitrogens with two attached hydrogens (primary N) is 1. The molecule has 5 nitrogen and oxygen atoms in total. The molecule has 2 heterocycles. The summed E-state index contributed by atoms with van der Waals surface area (Å²) in [5.74, 6) is 2.81. The van der Waals surface area contributed by atoms with E-state index in [4.69, 9.17) is 10.5 Å². The molecular formula is C15H18N4OS. The van der Waals surface area contributed by atoms with Crippen molar-refractivity contribution in [3.8, 4) is 5.75 Å². The first kappa shape index (κ1) is 13.2. The fraction of sp³-hybridized carbons (Fsp3) is 0.467. The monoisotopic (exact) mass is 302 g/mol. The standard InChI is InChI=1S/C15H18N4OS/c16-8-14-17-18-15(19(14)11-5-6-11)21-9-12-7-10-3-1-2-4-13(10)20-12/h1-4,11-12H,5-9,16H2. The van der Waals surface area contributed by atoms with E-state index in [1.54, 1.807) is 11.8 Å². The van der Waals surface area contributed by atoms with Gasteiger partial charge in [-0.15, -0.1) is 10.2 Å².